The average Bonchev–Trinajstić information content (AvgIpc) is 3.17. The number of aryl methyl sites for hydroxylation is 1. The number of rotatable bonds is 6. The van der Waals surface area contributed by atoms with Crippen molar-refractivity contribution in [1.29, 1.82) is 0 Å². The summed E-state index contributed by atoms with van der Waals surface area (Å²) in [5.41, 5.74) is 3.11. The van der Waals surface area contributed by atoms with Crippen LogP contribution < -0.4 is 0 Å². The van der Waals surface area contributed by atoms with E-state index >= 15 is 0 Å². The van der Waals surface area contributed by atoms with Gasteiger partial charge >= 0.3 is 6.18 Å². The van der Waals surface area contributed by atoms with Crippen LogP contribution in [0.15, 0.2) is 36.9 Å². The smallest absolute Gasteiger partial charge is 0.332 e. The topological polar surface area (TPSA) is 63.9 Å². The number of alkyl halides is 3. The lowest BCUT2D eigenvalue weighted by Crippen LogP contribution is -2.38. The highest BCUT2D eigenvalue weighted by Crippen LogP contribution is 2.25. The van der Waals surface area contributed by atoms with Gasteiger partial charge in [0.05, 0.1) is 35.8 Å². The maximum atomic E-state index is 12.8. The van der Waals surface area contributed by atoms with E-state index in [0.29, 0.717) is 31.6 Å². The number of hydrogen-bond donors (Lipinski definition) is 0. The zero-order valence-electron chi connectivity index (χ0n) is 17.3. The Morgan fingerprint density at radius 2 is 1.97 bits per heavy atom. The largest absolute Gasteiger partial charge is 0.390 e. The Balaban J connectivity index is 1.39. The second-order valence-corrected chi connectivity index (χ2v) is 8.08. The molecule has 4 rings (SSSR count). The number of pyridine rings is 2. The van der Waals surface area contributed by atoms with Crippen molar-refractivity contribution >= 4 is 16.7 Å². The second kappa shape index (κ2) is 8.74. The molecule has 0 N–H and O–H groups in total. The van der Waals surface area contributed by atoms with Crippen LogP contribution in [0.2, 0.25) is 0 Å². The number of piperidine rings is 1. The molecule has 0 bridgehead atoms. The summed E-state index contributed by atoms with van der Waals surface area (Å²) in [5.74, 6) is -0.0431. The highest BCUT2D eigenvalue weighted by atomic mass is 19.4. The molecule has 6 nitrogen and oxygen atoms in total. The third-order valence-electron chi connectivity index (χ3n) is 5.82. The van der Waals surface area contributed by atoms with Gasteiger partial charge in [0, 0.05) is 43.2 Å². The maximum absolute atomic E-state index is 12.8. The number of fused-ring (bicyclic) bond motifs is 1. The first-order valence-corrected chi connectivity index (χ1v) is 10.3. The Bertz CT molecular complexity index is 1070. The van der Waals surface area contributed by atoms with E-state index in [2.05, 4.69) is 9.97 Å². The molecule has 3 aromatic rings. The molecule has 164 valence electrons. The van der Waals surface area contributed by atoms with Gasteiger partial charge in [-0.05, 0) is 44.1 Å². The molecule has 3 aromatic heterocycles. The first-order valence-electron chi connectivity index (χ1n) is 10.3. The molecular weight excluding hydrogens is 407 g/mol. The Morgan fingerprint density at radius 3 is 2.65 bits per heavy atom. The minimum absolute atomic E-state index is 0.00130. The molecule has 0 radical (unpaired) electrons. The van der Waals surface area contributed by atoms with Gasteiger partial charge in [0.15, 0.2) is 0 Å². The zero-order valence-corrected chi connectivity index (χ0v) is 17.3. The molecule has 0 spiro atoms. The molecule has 1 aliphatic rings. The number of Topliss-reactive ketones (excluding diaryl/α,β-unsaturated/α-hetero) is 1. The first-order chi connectivity index (χ1) is 14.8. The van der Waals surface area contributed by atoms with Crippen molar-refractivity contribution in [3.8, 4) is 11.4 Å². The van der Waals surface area contributed by atoms with Gasteiger partial charge in [-0.1, -0.05) is 0 Å². The Kier molecular flexibility index (Phi) is 6.04. The van der Waals surface area contributed by atoms with Crippen LogP contribution in [0.5, 0.6) is 0 Å². The van der Waals surface area contributed by atoms with Gasteiger partial charge in [0.1, 0.15) is 5.78 Å². The molecule has 0 unspecified atom stereocenters. The number of halogens is 3. The summed E-state index contributed by atoms with van der Waals surface area (Å²) in [4.78, 5) is 27.8. The number of likely N-dealkylation sites (tertiary alicyclic amines) is 1. The molecule has 0 saturated carbocycles. The Morgan fingerprint density at radius 1 is 1.19 bits per heavy atom. The van der Waals surface area contributed by atoms with Gasteiger partial charge in [0.2, 0.25) is 0 Å². The number of imidazole rings is 1. The zero-order chi connectivity index (χ0) is 22.0. The van der Waals surface area contributed by atoms with Gasteiger partial charge in [-0.3, -0.25) is 9.78 Å². The predicted octanol–water partition coefficient (Wildman–Crippen LogP) is 3.81. The number of aromatic nitrogens is 4. The minimum atomic E-state index is -4.14. The summed E-state index contributed by atoms with van der Waals surface area (Å²) in [6.07, 6.45) is 1.63. The molecular formula is C22H24F3N5O. The van der Waals surface area contributed by atoms with E-state index in [1.165, 1.54) is 0 Å². The quantitative estimate of drug-likeness (QED) is 0.594. The van der Waals surface area contributed by atoms with Crippen molar-refractivity contribution in [2.75, 3.05) is 19.6 Å². The summed E-state index contributed by atoms with van der Waals surface area (Å²) in [7, 11) is 1.90. The van der Waals surface area contributed by atoms with Crippen molar-refractivity contribution in [3.05, 3.63) is 42.6 Å². The van der Waals surface area contributed by atoms with Crippen LogP contribution in [0.3, 0.4) is 0 Å². The fraction of sp³-hybridized carbons (Fsp3) is 0.455. The number of carbonyl (C=O) groups excluding carboxylic acids is 1. The number of hydrogen-bond acceptors (Lipinski definition) is 5. The lowest BCUT2D eigenvalue weighted by molar-refractivity contribution is -0.139. The summed E-state index contributed by atoms with van der Waals surface area (Å²) in [5, 5.41) is 0.889. The second-order valence-electron chi connectivity index (χ2n) is 8.08. The number of ketones is 1. The summed E-state index contributed by atoms with van der Waals surface area (Å²) < 4.78 is 39.1. The van der Waals surface area contributed by atoms with E-state index in [9.17, 15) is 18.0 Å². The monoisotopic (exact) mass is 431 g/mol. The molecule has 0 aromatic carbocycles. The first kappa shape index (κ1) is 21.4. The van der Waals surface area contributed by atoms with Crippen molar-refractivity contribution < 1.29 is 18.0 Å². The minimum Gasteiger partial charge on any atom is -0.332 e. The van der Waals surface area contributed by atoms with Gasteiger partial charge < -0.3 is 9.47 Å². The highest BCUT2D eigenvalue weighted by molar-refractivity contribution is 5.85. The lowest BCUT2D eigenvalue weighted by atomic mass is 9.90. The van der Waals surface area contributed by atoms with E-state index in [0.717, 1.165) is 22.3 Å². The molecule has 1 saturated heterocycles. The van der Waals surface area contributed by atoms with E-state index in [4.69, 9.17) is 4.98 Å². The summed E-state index contributed by atoms with van der Waals surface area (Å²) in [6, 6.07) is 5.70. The maximum Gasteiger partial charge on any atom is 0.390 e. The van der Waals surface area contributed by atoms with Crippen LogP contribution in [-0.4, -0.2) is 56.0 Å². The van der Waals surface area contributed by atoms with Crippen LogP contribution in [0.4, 0.5) is 13.2 Å². The van der Waals surface area contributed by atoms with Gasteiger partial charge in [-0.15, -0.1) is 0 Å². The SMILES string of the molecule is Cn1cncc1-c1ccc2cnc(CC(=O)C3CCN(CCC(F)(F)F)CC3)cc2n1. The fourth-order valence-corrected chi connectivity index (χ4v) is 3.99. The Hall–Kier alpha value is -2.81. The van der Waals surface area contributed by atoms with Crippen molar-refractivity contribution in [1.82, 2.24) is 24.4 Å². The van der Waals surface area contributed by atoms with Crippen molar-refractivity contribution in [3.63, 3.8) is 0 Å². The van der Waals surface area contributed by atoms with E-state index in [1.54, 1.807) is 23.6 Å². The highest BCUT2D eigenvalue weighted by Gasteiger charge is 2.30. The molecule has 1 aliphatic heterocycles. The van der Waals surface area contributed by atoms with Gasteiger partial charge in [-0.2, -0.15) is 13.2 Å². The average molecular weight is 431 g/mol. The molecule has 0 amide bonds. The van der Waals surface area contributed by atoms with Crippen LogP contribution in [-0.2, 0) is 18.3 Å². The standard InChI is InChI=1S/C22H24F3N5O/c1-29-14-26-13-20(29)18-3-2-16-12-27-17(10-19(16)28-18)11-21(31)15-4-7-30(8-5-15)9-6-22(23,24)25/h2-3,10,12-15H,4-9,11H2,1H3. The van der Waals surface area contributed by atoms with Crippen LogP contribution in [0, 0.1) is 5.92 Å². The normalized spacial score (nSPS) is 16.1. The summed E-state index contributed by atoms with van der Waals surface area (Å²) in [6.45, 7) is 1.04. The van der Waals surface area contributed by atoms with Gasteiger partial charge in [0.25, 0.3) is 0 Å². The van der Waals surface area contributed by atoms with Crippen LogP contribution in [0.25, 0.3) is 22.3 Å². The fourth-order valence-electron chi connectivity index (χ4n) is 3.99. The lowest BCUT2D eigenvalue weighted by Gasteiger charge is -2.31. The molecule has 0 aliphatic carbocycles. The number of carbonyl (C=O) groups is 1. The molecule has 4 heterocycles. The Labute approximate surface area is 178 Å². The molecule has 31 heavy (non-hydrogen) atoms. The van der Waals surface area contributed by atoms with E-state index in [-0.39, 0.29) is 24.7 Å². The number of nitrogens with zero attached hydrogens (tertiary/aromatic N) is 5. The predicted molar refractivity (Wildman–Crippen MR) is 110 cm³/mol. The summed E-state index contributed by atoms with van der Waals surface area (Å²) >= 11 is 0. The molecule has 9 heteroatoms. The third-order valence-corrected chi connectivity index (χ3v) is 5.82. The van der Waals surface area contributed by atoms with Crippen molar-refractivity contribution in [2.24, 2.45) is 13.0 Å². The molecule has 1 fully saturated rings. The van der Waals surface area contributed by atoms with E-state index in [1.807, 2.05) is 29.8 Å². The van der Waals surface area contributed by atoms with Crippen LogP contribution >= 0.6 is 0 Å². The molecule has 0 atom stereocenters. The van der Waals surface area contributed by atoms with Crippen LogP contribution in [0.1, 0.15) is 25.0 Å². The third kappa shape index (κ3) is 5.28. The van der Waals surface area contributed by atoms with E-state index < -0.39 is 12.6 Å². The van der Waals surface area contributed by atoms with Gasteiger partial charge in [-0.25, -0.2) is 9.97 Å². The van der Waals surface area contributed by atoms with Crippen molar-refractivity contribution in [2.45, 2.75) is 31.9 Å².